The first kappa shape index (κ1) is 8.52. The van der Waals surface area contributed by atoms with Crippen LogP contribution >= 0.6 is 0 Å². The highest BCUT2D eigenvalue weighted by Gasteiger charge is 2.17. The highest BCUT2D eigenvalue weighted by atomic mass is 16.5. The number of aliphatic hydroxyl groups excluding tert-OH is 1. The number of hydrogen-bond donors (Lipinski definition) is 2. The van der Waals surface area contributed by atoms with Crippen LogP contribution in [0.3, 0.4) is 0 Å². The lowest BCUT2D eigenvalue weighted by molar-refractivity contribution is 0.0211. The van der Waals surface area contributed by atoms with Crippen LogP contribution in [0.15, 0.2) is 12.4 Å². The van der Waals surface area contributed by atoms with Crippen molar-refractivity contribution in [3.63, 3.8) is 0 Å². The van der Waals surface area contributed by atoms with E-state index in [-0.39, 0.29) is 6.61 Å². The Labute approximate surface area is 76.3 Å². The van der Waals surface area contributed by atoms with Crippen molar-refractivity contribution in [1.29, 1.82) is 0 Å². The van der Waals surface area contributed by atoms with Gasteiger partial charge in [0.05, 0.1) is 44.3 Å². The van der Waals surface area contributed by atoms with Crippen LogP contribution in [-0.2, 0) is 11.3 Å². The van der Waals surface area contributed by atoms with Gasteiger partial charge in [0.1, 0.15) is 0 Å². The fourth-order valence-electron chi connectivity index (χ4n) is 1.22. The molecule has 2 N–H and O–H groups in total. The minimum Gasteiger partial charge on any atom is -0.394 e. The lowest BCUT2D eigenvalue weighted by Crippen LogP contribution is -2.40. The molecule has 0 atom stereocenters. The van der Waals surface area contributed by atoms with E-state index in [0.717, 1.165) is 18.9 Å². The van der Waals surface area contributed by atoms with E-state index in [0.29, 0.717) is 12.6 Å². The van der Waals surface area contributed by atoms with Crippen molar-refractivity contribution in [2.45, 2.75) is 12.6 Å². The van der Waals surface area contributed by atoms with Gasteiger partial charge in [-0.1, -0.05) is 0 Å². The van der Waals surface area contributed by atoms with Crippen LogP contribution in [0.25, 0.3) is 0 Å². The molecule has 0 aromatic carbocycles. The highest BCUT2D eigenvalue weighted by Crippen LogP contribution is 2.11. The molecule has 1 aromatic heterocycles. The number of aromatic nitrogens is 2. The van der Waals surface area contributed by atoms with Crippen molar-refractivity contribution in [3.05, 3.63) is 12.4 Å². The van der Waals surface area contributed by atoms with Gasteiger partial charge in [0, 0.05) is 6.20 Å². The average molecular weight is 183 g/mol. The van der Waals surface area contributed by atoms with Gasteiger partial charge in [-0.05, 0) is 0 Å². The van der Waals surface area contributed by atoms with Crippen LogP contribution in [0.4, 0.5) is 5.69 Å². The molecule has 1 saturated heterocycles. The largest absolute Gasteiger partial charge is 0.394 e. The Morgan fingerprint density at radius 1 is 1.69 bits per heavy atom. The summed E-state index contributed by atoms with van der Waals surface area (Å²) in [5.41, 5.74) is 0.988. The van der Waals surface area contributed by atoms with Gasteiger partial charge in [-0.15, -0.1) is 0 Å². The highest BCUT2D eigenvalue weighted by molar-refractivity contribution is 5.39. The number of anilines is 1. The standard InChI is InChI=1S/C8H13N3O2/c12-2-1-11-4-7(3-9-11)10-8-5-13-6-8/h3-4,8,10,12H,1-2,5-6H2. The third kappa shape index (κ3) is 1.99. The van der Waals surface area contributed by atoms with Crippen molar-refractivity contribution in [3.8, 4) is 0 Å². The zero-order valence-corrected chi connectivity index (χ0v) is 7.31. The molecule has 0 unspecified atom stereocenters. The maximum Gasteiger partial charge on any atom is 0.0730 e. The molecule has 0 bridgehead atoms. The maximum absolute atomic E-state index is 8.67. The smallest absolute Gasteiger partial charge is 0.0730 e. The molecular weight excluding hydrogens is 170 g/mol. The summed E-state index contributed by atoms with van der Waals surface area (Å²) in [6, 6.07) is 0.423. The molecule has 2 heterocycles. The van der Waals surface area contributed by atoms with Gasteiger partial charge in [0.15, 0.2) is 0 Å². The molecule has 0 spiro atoms. The number of rotatable bonds is 4. The zero-order valence-electron chi connectivity index (χ0n) is 7.31. The van der Waals surface area contributed by atoms with Crippen LogP contribution in [-0.4, -0.2) is 40.7 Å². The Hall–Kier alpha value is -1.07. The van der Waals surface area contributed by atoms with Crippen molar-refractivity contribution >= 4 is 5.69 Å². The molecule has 13 heavy (non-hydrogen) atoms. The fourth-order valence-corrected chi connectivity index (χ4v) is 1.22. The van der Waals surface area contributed by atoms with Crippen LogP contribution in [0.1, 0.15) is 0 Å². The third-order valence-corrected chi connectivity index (χ3v) is 1.97. The van der Waals surface area contributed by atoms with Crippen molar-refractivity contribution < 1.29 is 9.84 Å². The van der Waals surface area contributed by atoms with Crippen LogP contribution in [0, 0.1) is 0 Å². The molecule has 1 aliphatic rings. The quantitative estimate of drug-likeness (QED) is 0.672. The van der Waals surface area contributed by atoms with E-state index in [4.69, 9.17) is 9.84 Å². The topological polar surface area (TPSA) is 59.3 Å². The summed E-state index contributed by atoms with van der Waals surface area (Å²) >= 11 is 0. The SMILES string of the molecule is OCCn1cc(NC2COC2)cn1. The van der Waals surface area contributed by atoms with Gasteiger partial charge in [0.2, 0.25) is 0 Å². The summed E-state index contributed by atoms with van der Waals surface area (Å²) in [5.74, 6) is 0. The average Bonchev–Trinajstić information content (AvgIpc) is 2.46. The normalized spacial score (nSPS) is 17.0. The monoisotopic (exact) mass is 183 g/mol. The molecule has 0 amide bonds. The molecule has 2 rings (SSSR count). The molecule has 1 aromatic rings. The molecule has 5 heteroatoms. The van der Waals surface area contributed by atoms with Crippen LogP contribution in [0.5, 0.6) is 0 Å². The van der Waals surface area contributed by atoms with Crippen molar-refractivity contribution in [2.24, 2.45) is 0 Å². The number of ether oxygens (including phenoxy) is 1. The number of nitrogens with zero attached hydrogens (tertiary/aromatic N) is 2. The van der Waals surface area contributed by atoms with Crippen molar-refractivity contribution in [1.82, 2.24) is 9.78 Å². The molecule has 72 valence electrons. The zero-order chi connectivity index (χ0) is 9.10. The van der Waals surface area contributed by atoms with E-state index in [2.05, 4.69) is 10.4 Å². The minimum atomic E-state index is 0.119. The second-order valence-electron chi connectivity index (χ2n) is 3.09. The minimum absolute atomic E-state index is 0.119. The molecule has 5 nitrogen and oxygen atoms in total. The first-order valence-corrected chi connectivity index (χ1v) is 4.36. The number of aliphatic hydroxyl groups is 1. The number of nitrogens with one attached hydrogen (secondary N) is 1. The van der Waals surface area contributed by atoms with Gasteiger partial charge < -0.3 is 15.2 Å². The van der Waals surface area contributed by atoms with Gasteiger partial charge in [-0.3, -0.25) is 4.68 Å². The Kier molecular flexibility index (Phi) is 2.47. The second kappa shape index (κ2) is 3.76. The first-order valence-electron chi connectivity index (χ1n) is 4.36. The molecular formula is C8H13N3O2. The maximum atomic E-state index is 8.67. The van der Waals surface area contributed by atoms with Crippen molar-refractivity contribution in [2.75, 3.05) is 25.1 Å². The van der Waals surface area contributed by atoms with E-state index in [1.807, 2.05) is 6.20 Å². The fraction of sp³-hybridized carbons (Fsp3) is 0.625. The van der Waals surface area contributed by atoms with E-state index in [9.17, 15) is 0 Å². The molecule has 0 aliphatic carbocycles. The predicted molar refractivity (Wildman–Crippen MR) is 47.5 cm³/mol. The van der Waals surface area contributed by atoms with E-state index < -0.39 is 0 Å². The summed E-state index contributed by atoms with van der Waals surface area (Å²) in [7, 11) is 0. The molecule has 1 fully saturated rings. The Balaban J connectivity index is 1.88. The van der Waals surface area contributed by atoms with E-state index in [1.54, 1.807) is 10.9 Å². The molecule has 0 saturated carbocycles. The summed E-state index contributed by atoms with van der Waals surface area (Å²) in [6.07, 6.45) is 3.64. The summed E-state index contributed by atoms with van der Waals surface area (Å²) in [4.78, 5) is 0. The van der Waals surface area contributed by atoms with E-state index in [1.165, 1.54) is 0 Å². The lowest BCUT2D eigenvalue weighted by atomic mass is 10.2. The second-order valence-corrected chi connectivity index (χ2v) is 3.09. The molecule has 1 aliphatic heterocycles. The van der Waals surface area contributed by atoms with E-state index >= 15 is 0 Å². The Bertz CT molecular complexity index is 270. The lowest BCUT2D eigenvalue weighted by Gasteiger charge is -2.26. The van der Waals surface area contributed by atoms with Gasteiger partial charge >= 0.3 is 0 Å². The third-order valence-electron chi connectivity index (χ3n) is 1.97. The summed E-state index contributed by atoms with van der Waals surface area (Å²) in [6.45, 7) is 2.20. The van der Waals surface area contributed by atoms with Crippen LogP contribution in [0.2, 0.25) is 0 Å². The predicted octanol–water partition coefficient (Wildman–Crippen LogP) is -0.314. The van der Waals surface area contributed by atoms with Gasteiger partial charge in [0.25, 0.3) is 0 Å². The van der Waals surface area contributed by atoms with Gasteiger partial charge in [-0.25, -0.2) is 0 Å². The Morgan fingerprint density at radius 3 is 3.15 bits per heavy atom. The Morgan fingerprint density at radius 2 is 2.54 bits per heavy atom. The van der Waals surface area contributed by atoms with Crippen LogP contribution < -0.4 is 5.32 Å². The number of hydrogen-bond acceptors (Lipinski definition) is 4. The summed E-state index contributed by atoms with van der Waals surface area (Å²) < 4.78 is 6.74. The van der Waals surface area contributed by atoms with Gasteiger partial charge in [-0.2, -0.15) is 5.10 Å². The summed E-state index contributed by atoms with van der Waals surface area (Å²) in [5, 5.41) is 16.0. The molecule has 0 radical (unpaired) electrons. The first-order chi connectivity index (χ1) is 6.38.